The summed E-state index contributed by atoms with van der Waals surface area (Å²) in [5.41, 5.74) is 6.07. The number of nitrogens with two attached hydrogens (primary N) is 1. The first-order valence-corrected chi connectivity index (χ1v) is 7.92. The molecule has 0 bridgehead atoms. The van der Waals surface area contributed by atoms with Crippen LogP contribution in [0.3, 0.4) is 0 Å². The number of hydrogen-bond donors (Lipinski definition) is 2. The molecule has 0 aliphatic carbocycles. The molecule has 2 rings (SSSR count). The molecule has 0 radical (unpaired) electrons. The lowest BCUT2D eigenvalue weighted by atomic mass is 10.2. The molecule has 4 nitrogen and oxygen atoms in total. The molecule has 1 atom stereocenters. The molecule has 1 aromatic carbocycles. The van der Waals surface area contributed by atoms with Crippen LogP contribution in [-0.4, -0.2) is 8.42 Å². The van der Waals surface area contributed by atoms with Crippen LogP contribution in [0.2, 0.25) is 0 Å². The summed E-state index contributed by atoms with van der Waals surface area (Å²) in [7, 11) is -3.72. The molecule has 0 amide bonds. The van der Waals surface area contributed by atoms with E-state index in [0.29, 0.717) is 0 Å². The predicted molar refractivity (Wildman–Crippen MR) is 73.9 cm³/mol. The lowest BCUT2D eigenvalue weighted by molar-refractivity contribution is 0.566. The normalized spacial score (nSPS) is 13.4. The van der Waals surface area contributed by atoms with Crippen LogP contribution in [0.1, 0.15) is 18.5 Å². The number of benzene rings is 1. The third kappa shape index (κ3) is 3.12. The van der Waals surface area contributed by atoms with E-state index in [-0.39, 0.29) is 16.6 Å². The molecule has 19 heavy (non-hydrogen) atoms. The van der Waals surface area contributed by atoms with Crippen LogP contribution in [0.4, 0.5) is 10.1 Å². The Bertz CT molecular complexity index is 669. The fourth-order valence-corrected chi connectivity index (χ4v) is 3.60. The van der Waals surface area contributed by atoms with Crippen molar-refractivity contribution >= 4 is 27.0 Å². The van der Waals surface area contributed by atoms with Gasteiger partial charge in [0.05, 0.1) is 10.6 Å². The maximum absolute atomic E-state index is 13.0. The van der Waals surface area contributed by atoms with E-state index in [4.69, 9.17) is 5.73 Å². The molecule has 7 heteroatoms. The monoisotopic (exact) mass is 300 g/mol. The molecule has 102 valence electrons. The van der Waals surface area contributed by atoms with Gasteiger partial charge in [-0.15, -0.1) is 0 Å². The summed E-state index contributed by atoms with van der Waals surface area (Å²) in [6.07, 6.45) is 0. The minimum Gasteiger partial charge on any atom is -0.396 e. The Labute approximate surface area is 115 Å². The van der Waals surface area contributed by atoms with E-state index < -0.39 is 15.8 Å². The SMILES string of the molecule is CC(NS(=O)(=O)c1ccc(F)c(N)c1)c1ccsc1. The first-order chi connectivity index (χ1) is 8.90. The quantitative estimate of drug-likeness (QED) is 0.852. The second-order valence-corrected chi connectivity index (χ2v) is 6.58. The molecule has 0 saturated heterocycles. The number of anilines is 1. The van der Waals surface area contributed by atoms with Crippen LogP contribution >= 0.6 is 11.3 Å². The van der Waals surface area contributed by atoms with E-state index in [0.717, 1.165) is 17.7 Å². The minimum absolute atomic E-state index is 0.0477. The van der Waals surface area contributed by atoms with Crippen molar-refractivity contribution in [1.82, 2.24) is 4.72 Å². The number of rotatable bonds is 4. The van der Waals surface area contributed by atoms with Crippen LogP contribution in [-0.2, 0) is 10.0 Å². The van der Waals surface area contributed by atoms with Gasteiger partial charge in [0.2, 0.25) is 10.0 Å². The van der Waals surface area contributed by atoms with Crippen LogP contribution in [0.5, 0.6) is 0 Å². The van der Waals surface area contributed by atoms with E-state index >= 15 is 0 Å². The van der Waals surface area contributed by atoms with Gasteiger partial charge in [0.15, 0.2) is 0 Å². The lowest BCUT2D eigenvalue weighted by Crippen LogP contribution is -2.26. The van der Waals surface area contributed by atoms with Gasteiger partial charge in [-0.05, 0) is 47.5 Å². The molecular formula is C12H13FN2O2S2. The summed E-state index contributed by atoms with van der Waals surface area (Å²) in [6, 6.07) is 4.82. The average Bonchev–Trinajstić information content (AvgIpc) is 2.85. The van der Waals surface area contributed by atoms with Gasteiger partial charge in [-0.3, -0.25) is 0 Å². The number of sulfonamides is 1. The zero-order chi connectivity index (χ0) is 14.0. The van der Waals surface area contributed by atoms with E-state index in [2.05, 4.69) is 4.72 Å². The van der Waals surface area contributed by atoms with Gasteiger partial charge < -0.3 is 5.73 Å². The summed E-state index contributed by atoms with van der Waals surface area (Å²) in [5.74, 6) is -0.634. The predicted octanol–water partition coefficient (Wildman–Crippen LogP) is 2.51. The van der Waals surface area contributed by atoms with Crippen molar-refractivity contribution in [3.05, 3.63) is 46.4 Å². The Morgan fingerprint density at radius 2 is 2.11 bits per heavy atom. The van der Waals surface area contributed by atoms with Gasteiger partial charge in [-0.2, -0.15) is 11.3 Å². The second-order valence-electron chi connectivity index (χ2n) is 4.08. The fourth-order valence-electron chi connectivity index (χ4n) is 1.58. The first kappa shape index (κ1) is 14.0. The number of halogens is 1. The van der Waals surface area contributed by atoms with Crippen molar-refractivity contribution in [2.75, 3.05) is 5.73 Å². The van der Waals surface area contributed by atoms with Gasteiger partial charge in [-0.25, -0.2) is 17.5 Å². The topological polar surface area (TPSA) is 72.2 Å². The highest BCUT2D eigenvalue weighted by Gasteiger charge is 2.19. The molecule has 0 fully saturated rings. The Morgan fingerprint density at radius 3 is 2.68 bits per heavy atom. The largest absolute Gasteiger partial charge is 0.396 e. The zero-order valence-corrected chi connectivity index (χ0v) is 11.8. The molecule has 0 saturated carbocycles. The molecule has 0 aliphatic heterocycles. The highest BCUT2D eigenvalue weighted by molar-refractivity contribution is 7.89. The van der Waals surface area contributed by atoms with Crippen molar-refractivity contribution in [3.8, 4) is 0 Å². The Kier molecular flexibility index (Phi) is 3.88. The summed E-state index contributed by atoms with van der Waals surface area (Å²) in [6.45, 7) is 1.74. The van der Waals surface area contributed by atoms with E-state index in [1.54, 1.807) is 6.92 Å². The molecule has 1 unspecified atom stereocenters. The van der Waals surface area contributed by atoms with Crippen LogP contribution in [0, 0.1) is 5.82 Å². The third-order valence-electron chi connectivity index (χ3n) is 2.65. The van der Waals surface area contributed by atoms with Gasteiger partial charge in [-0.1, -0.05) is 0 Å². The van der Waals surface area contributed by atoms with Crippen molar-refractivity contribution < 1.29 is 12.8 Å². The Morgan fingerprint density at radius 1 is 1.37 bits per heavy atom. The Hall–Kier alpha value is -1.44. The van der Waals surface area contributed by atoms with Gasteiger partial charge in [0.25, 0.3) is 0 Å². The van der Waals surface area contributed by atoms with Crippen molar-refractivity contribution in [1.29, 1.82) is 0 Å². The number of nitrogen functional groups attached to an aromatic ring is 1. The van der Waals surface area contributed by atoms with Crippen molar-refractivity contribution in [3.63, 3.8) is 0 Å². The number of hydrogen-bond acceptors (Lipinski definition) is 4. The third-order valence-corrected chi connectivity index (χ3v) is 4.89. The maximum atomic E-state index is 13.0. The van der Waals surface area contributed by atoms with Crippen LogP contribution in [0.15, 0.2) is 39.9 Å². The lowest BCUT2D eigenvalue weighted by Gasteiger charge is -2.13. The zero-order valence-electron chi connectivity index (χ0n) is 10.1. The van der Waals surface area contributed by atoms with Crippen LogP contribution < -0.4 is 10.5 Å². The van der Waals surface area contributed by atoms with Gasteiger partial charge in [0, 0.05) is 6.04 Å². The Balaban J connectivity index is 2.25. The van der Waals surface area contributed by atoms with E-state index in [1.165, 1.54) is 17.4 Å². The molecule has 1 aromatic heterocycles. The van der Waals surface area contributed by atoms with Crippen molar-refractivity contribution in [2.45, 2.75) is 17.9 Å². The molecule has 0 spiro atoms. The fraction of sp³-hybridized carbons (Fsp3) is 0.167. The molecular weight excluding hydrogens is 287 g/mol. The van der Waals surface area contributed by atoms with Gasteiger partial charge >= 0.3 is 0 Å². The standard InChI is InChI=1S/C12H13FN2O2S2/c1-8(9-4-5-18-7-9)15-19(16,17)10-2-3-11(13)12(14)6-10/h2-8,15H,14H2,1H3. The second kappa shape index (κ2) is 5.28. The number of nitrogens with one attached hydrogen (secondary N) is 1. The highest BCUT2D eigenvalue weighted by atomic mass is 32.2. The van der Waals surface area contributed by atoms with E-state index in [9.17, 15) is 12.8 Å². The molecule has 0 aliphatic rings. The van der Waals surface area contributed by atoms with Crippen LogP contribution in [0.25, 0.3) is 0 Å². The highest BCUT2D eigenvalue weighted by Crippen LogP contribution is 2.21. The minimum atomic E-state index is -3.72. The smallest absolute Gasteiger partial charge is 0.241 e. The summed E-state index contributed by atoms with van der Waals surface area (Å²) in [4.78, 5) is -0.0477. The summed E-state index contributed by atoms with van der Waals surface area (Å²) >= 11 is 1.49. The van der Waals surface area contributed by atoms with E-state index in [1.807, 2.05) is 16.8 Å². The number of thiophene rings is 1. The summed E-state index contributed by atoms with van der Waals surface area (Å²) < 4.78 is 39.8. The molecule has 2 aromatic rings. The molecule has 3 N–H and O–H groups in total. The van der Waals surface area contributed by atoms with Crippen molar-refractivity contribution in [2.24, 2.45) is 0 Å². The maximum Gasteiger partial charge on any atom is 0.241 e. The van der Waals surface area contributed by atoms with Gasteiger partial charge in [0.1, 0.15) is 5.82 Å². The molecule has 1 heterocycles. The average molecular weight is 300 g/mol. The first-order valence-electron chi connectivity index (χ1n) is 5.49. The summed E-state index contributed by atoms with van der Waals surface area (Å²) in [5, 5.41) is 3.74.